The predicted octanol–water partition coefficient (Wildman–Crippen LogP) is 6.08. The van der Waals surface area contributed by atoms with Crippen molar-refractivity contribution in [3.8, 4) is 0 Å². The Morgan fingerprint density at radius 2 is 1.72 bits per heavy atom. The van der Waals surface area contributed by atoms with E-state index in [2.05, 4.69) is 34.4 Å². The molecule has 4 rings (SSSR count). The van der Waals surface area contributed by atoms with Crippen LogP contribution in [0.15, 0.2) is 48.5 Å². The van der Waals surface area contributed by atoms with Gasteiger partial charge < -0.3 is 10.6 Å². The molecule has 0 saturated carbocycles. The summed E-state index contributed by atoms with van der Waals surface area (Å²) in [5.41, 5.74) is 4.05. The molecule has 5 nitrogen and oxygen atoms in total. The van der Waals surface area contributed by atoms with Crippen LogP contribution in [0.3, 0.4) is 0 Å². The molecule has 0 spiro atoms. The number of hydrogen-bond donors (Lipinski definition) is 2. The van der Waals surface area contributed by atoms with Crippen molar-refractivity contribution in [1.29, 1.82) is 0 Å². The highest BCUT2D eigenvalue weighted by Crippen LogP contribution is 2.38. The summed E-state index contributed by atoms with van der Waals surface area (Å²) in [6, 6.07) is 15.4. The highest BCUT2D eigenvalue weighted by Gasteiger charge is 2.35. The van der Waals surface area contributed by atoms with E-state index in [0.29, 0.717) is 35.2 Å². The molecule has 148 valence electrons. The highest BCUT2D eigenvalue weighted by molar-refractivity contribution is 6.30. The van der Waals surface area contributed by atoms with Gasteiger partial charge in [0.25, 0.3) is 0 Å². The minimum absolute atomic E-state index is 0.0580. The first-order valence-corrected chi connectivity index (χ1v) is 9.97. The van der Waals surface area contributed by atoms with Crippen molar-refractivity contribution in [2.45, 2.75) is 33.6 Å². The van der Waals surface area contributed by atoms with Crippen LogP contribution >= 0.6 is 11.6 Å². The van der Waals surface area contributed by atoms with Crippen molar-refractivity contribution < 1.29 is 4.79 Å². The monoisotopic (exact) mass is 406 g/mol. The van der Waals surface area contributed by atoms with Gasteiger partial charge in [-0.1, -0.05) is 49.2 Å². The smallest absolute Gasteiger partial charge is 0.229 e. The summed E-state index contributed by atoms with van der Waals surface area (Å²) in [7, 11) is 0. The van der Waals surface area contributed by atoms with Gasteiger partial charge >= 0.3 is 0 Å². The zero-order valence-electron chi connectivity index (χ0n) is 16.7. The first-order valence-electron chi connectivity index (χ1n) is 9.59. The van der Waals surface area contributed by atoms with E-state index in [9.17, 15) is 4.79 Å². The Balaban J connectivity index is 1.77. The molecule has 0 aliphatic heterocycles. The number of nitrogens with one attached hydrogen (secondary N) is 2. The number of nitrogens with zero attached hydrogens (tertiary/aromatic N) is 2. The van der Waals surface area contributed by atoms with Crippen LogP contribution in [0.2, 0.25) is 5.02 Å². The number of aryl methyl sites for hydroxylation is 1. The standard InChI is InChI=1S/C23H23ClN4O/c1-14-7-9-16(10-8-14)26-22-27-18-12-23(2,3)13-19(29)20(18)21(28-22)25-17-6-4-5-15(24)11-17/h4-11H,12-13H2,1-3H3,(H2,25,26,27,28). The summed E-state index contributed by atoms with van der Waals surface area (Å²) < 4.78 is 0. The Labute approximate surface area is 175 Å². The fraction of sp³-hybridized carbons (Fsp3) is 0.261. The minimum atomic E-state index is -0.132. The van der Waals surface area contributed by atoms with E-state index >= 15 is 0 Å². The van der Waals surface area contributed by atoms with E-state index in [1.807, 2.05) is 43.3 Å². The minimum Gasteiger partial charge on any atom is -0.339 e. The van der Waals surface area contributed by atoms with E-state index in [0.717, 1.165) is 17.1 Å². The maximum atomic E-state index is 12.9. The van der Waals surface area contributed by atoms with Crippen molar-refractivity contribution in [2.75, 3.05) is 10.6 Å². The molecular weight excluding hydrogens is 384 g/mol. The van der Waals surface area contributed by atoms with E-state index in [1.165, 1.54) is 5.56 Å². The molecule has 2 N–H and O–H groups in total. The molecule has 1 aromatic heterocycles. The zero-order chi connectivity index (χ0) is 20.6. The van der Waals surface area contributed by atoms with Gasteiger partial charge in [0.15, 0.2) is 5.78 Å². The molecule has 1 aliphatic carbocycles. The molecule has 0 saturated heterocycles. The highest BCUT2D eigenvalue weighted by atomic mass is 35.5. The Morgan fingerprint density at radius 3 is 2.45 bits per heavy atom. The number of Topliss-reactive ketones (excluding diaryl/α,β-unsaturated/α-hetero) is 1. The zero-order valence-corrected chi connectivity index (χ0v) is 17.5. The van der Waals surface area contributed by atoms with Gasteiger partial charge in [-0.05, 0) is 49.1 Å². The molecule has 29 heavy (non-hydrogen) atoms. The SMILES string of the molecule is Cc1ccc(Nc2nc3c(c(Nc4cccc(Cl)c4)n2)C(=O)CC(C)(C)C3)cc1. The first kappa shape index (κ1) is 19.4. The second kappa shape index (κ2) is 7.48. The quantitative estimate of drug-likeness (QED) is 0.549. The van der Waals surface area contributed by atoms with Crippen LogP contribution in [-0.2, 0) is 6.42 Å². The molecule has 0 amide bonds. The van der Waals surface area contributed by atoms with Gasteiger partial charge in [-0.2, -0.15) is 4.98 Å². The molecule has 0 bridgehead atoms. The van der Waals surface area contributed by atoms with Crippen LogP contribution in [0.5, 0.6) is 0 Å². The third kappa shape index (κ3) is 4.40. The summed E-state index contributed by atoms with van der Waals surface area (Å²) in [4.78, 5) is 22.2. The van der Waals surface area contributed by atoms with Gasteiger partial charge in [0, 0.05) is 22.8 Å². The number of aromatic nitrogens is 2. The summed E-state index contributed by atoms with van der Waals surface area (Å²) in [5.74, 6) is 1.03. The van der Waals surface area contributed by atoms with Gasteiger partial charge in [-0.3, -0.25) is 4.79 Å². The third-order valence-corrected chi connectivity index (χ3v) is 5.18. The maximum absolute atomic E-state index is 12.9. The van der Waals surface area contributed by atoms with Crippen LogP contribution < -0.4 is 10.6 Å². The summed E-state index contributed by atoms with van der Waals surface area (Å²) in [6.07, 6.45) is 1.18. The fourth-order valence-electron chi connectivity index (χ4n) is 3.58. The van der Waals surface area contributed by atoms with Crippen molar-refractivity contribution in [1.82, 2.24) is 9.97 Å². The molecule has 3 aromatic rings. The van der Waals surface area contributed by atoms with Gasteiger partial charge in [0.1, 0.15) is 5.82 Å². The molecule has 1 heterocycles. The lowest BCUT2D eigenvalue weighted by atomic mass is 9.75. The topological polar surface area (TPSA) is 66.9 Å². The molecular formula is C23H23ClN4O. The van der Waals surface area contributed by atoms with Crippen molar-refractivity contribution in [2.24, 2.45) is 5.41 Å². The number of anilines is 4. The van der Waals surface area contributed by atoms with Crippen LogP contribution in [-0.4, -0.2) is 15.8 Å². The molecule has 0 fully saturated rings. The summed E-state index contributed by atoms with van der Waals surface area (Å²) in [5, 5.41) is 7.15. The van der Waals surface area contributed by atoms with Crippen molar-refractivity contribution in [3.63, 3.8) is 0 Å². The number of rotatable bonds is 4. The molecule has 0 unspecified atom stereocenters. The average molecular weight is 407 g/mol. The number of halogens is 1. The largest absolute Gasteiger partial charge is 0.339 e. The number of fused-ring (bicyclic) bond motifs is 1. The van der Waals surface area contributed by atoms with Gasteiger partial charge in [0.05, 0.1) is 11.3 Å². The van der Waals surface area contributed by atoms with Gasteiger partial charge in [0.2, 0.25) is 5.95 Å². The maximum Gasteiger partial charge on any atom is 0.229 e. The number of carbonyl (C=O) groups excluding carboxylic acids is 1. The number of carbonyl (C=O) groups is 1. The lowest BCUT2D eigenvalue weighted by molar-refractivity contribution is 0.0911. The first-order chi connectivity index (χ1) is 13.8. The van der Waals surface area contributed by atoms with Crippen LogP contribution in [0, 0.1) is 12.3 Å². The summed E-state index contributed by atoms with van der Waals surface area (Å²) in [6.45, 7) is 6.22. The van der Waals surface area contributed by atoms with Crippen LogP contribution in [0.1, 0.15) is 41.9 Å². The fourth-order valence-corrected chi connectivity index (χ4v) is 3.77. The number of ketones is 1. The third-order valence-electron chi connectivity index (χ3n) is 4.94. The molecule has 0 radical (unpaired) electrons. The molecule has 6 heteroatoms. The lowest BCUT2D eigenvalue weighted by Gasteiger charge is -2.30. The second-order valence-electron chi connectivity index (χ2n) is 8.28. The number of hydrogen-bond acceptors (Lipinski definition) is 5. The Kier molecular flexibility index (Phi) is 5.01. The van der Waals surface area contributed by atoms with E-state index in [-0.39, 0.29) is 11.2 Å². The van der Waals surface area contributed by atoms with E-state index in [1.54, 1.807) is 12.1 Å². The second-order valence-corrected chi connectivity index (χ2v) is 8.72. The van der Waals surface area contributed by atoms with Crippen molar-refractivity contribution in [3.05, 3.63) is 70.4 Å². The van der Waals surface area contributed by atoms with E-state index < -0.39 is 0 Å². The average Bonchev–Trinajstić information content (AvgIpc) is 2.62. The lowest BCUT2D eigenvalue weighted by Crippen LogP contribution is -2.29. The predicted molar refractivity (Wildman–Crippen MR) is 118 cm³/mol. The van der Waals surface area contributed by atoms with Gasteiger partial charge in [-0.15, -0.1) is 0 Å². The Morgan fingerprint density at radius 1 is 0.966 bits per heavy atom. The molecule has 1 aliphatic rings. The van der Waals surface area contributed by atoms with Crippen molar-refractivity contribution >= 4 is 40.5 Å². The number of benzene rings is 2. The summed E-state index contributed by atoms with van der Waals surface area (Å²) >= 11 is 6.12. The van der Waals surface area contributed by atoms with Crippen LogP contribution in [0.25, 0.3) is 0 Å². The Bertz CT molecular complexity index is 1080. The normalized spacial score (nSPS) is 15.0. The van der Waals surface area contributed by atoms with E-state index in [4.69, 9.17) is 11.6 Å². The molecule has 0 atom stereocenters. The van der Waals surface area contributed by atoms with Crippen LogP contribution in [0.4, 0.5) is 23.1 Å². The Hall–Kier alpha value is -2.92. The van der Waals surface area contributed by atoms with Gasteiger partial charge in [-0.25, -0.2) is 4.98 Å². The molecule has 2 aromatic carbocycles.